The summed E-state index contributed by atoms with van der Waals surface area (Å²) in [5.74, 6) is 0.439. The van der Waals surface area contributed by atoms with Gasteiger partial charge in [0.1, 0.15) is 23.5 Å². The van der Waals surface area contributed by atoms with Crippen molar-refractivity contribution in [2.75, 3.05) is 21.0 Å². The number of fused-ring (bicyclic) bond motifs is 2. The van der Waals surface area contributed by atoms with Gasteiger partial charge in [0, 0.05) is 0 Å². The van der Waals surface area contributed by atoms with E-state index in [-0.39, 0.29) is 6.79 Å². The number of hydrogen-bond donors (Lipinski definition) is 0. The highest BCUT2D eigenvalue weighted by molar-refractivity contribution is 5.92. The Kier molecular flexibility index (Phi) is 4.06. The van der Waals surface area contributed by atoms with Gasteiger partial charge in [-0.1, -0.05) is 12.1 Å². The number of methoxy groups -OCH3 is 2. The van der Waals surface area contributed by atoms with Gasteiger partial charge in [0.25, 0.3) is 0 Å². The molecular weight excluding hydrogens is 392 g/mol. The van der Waals surface area contributed by atoms with Gasteiger partial charge in [0.15, 0.2) is 23.0 Å². The minimum atomic E-state index is -1.18. The molecule has 0 spiro atoms. The molecule has 8 heteroatoms. The molecule has 156 valence electrons. The fourth-order valence-corrected chi connectivity index (χ4v) is 4.48. The summed E-state index contributed by atoms with van der Waals surface area (Å²) in [4.78, 5) is 26.0. The first-order valence-electron chi connectivity index (χ1n) is 9.50. The summed E-state index contributed by atoms with van der Waals surface area (Å²) >= 11 is 0. The van der Waals surface area contributed by atoms with E-state index in [1.54, 1.807) is 43.3 Å². The average molecular weight is 412 g/mol. The van der Waals surface area contributed by atoms with Crippen molar-refractivity contribution in [1.29, 1.82) is 0 Å². The standard InChI is InChI=1S/C22H20O8/c1-22-17(18(29-21(22)24)11-4-7-14-16(8-11)28-10-27-14)20(23)30-19(22)12-5-6-13(25-2)15(9-12)26-3/h4-9,17-19H,10H2,1-3H3/t17-,18-,19+,22-/m0/s1. The Hall–Kier alpha value is -3.42. The third-order valence-electron chi connectivity index (χ3n) is 6.09. The third kappa shape index (κ3) is 2.46. The Balaban J connectivity index is 1.53. The van der Waals surface area contributed by atoms with Crippen LogP contribution >= 0.6 is 0 Å². The molecule has 3 aliphatic rings. The van der Waals surface area contributed by atoms with Gasteiger partial charge in [-0.3, -0.25) is 9.59 Å². The fourth-order valence-electron chi connectivity index (χ4n) is 4.48. The van der Waals surface area contributed by atoms with E-state index < -0.39 is 35.5 Å². The molecule has 0 N–H and O–H groups in total. The second-order valence-electron chi connectivity index (χ2n) is 7.63. The molecule has 0 radical (unpaired) electrons. The van der Waals surface area contributed by atoms with Gasteiger partial charge >= 0.3 is 11.9 Å². The zero-order chi connectivity index (χ0) is 21.0. The maximum Gasteiger partial charge on any atom is 0.317 e. The number of ether oxygens (including phenoxy) is 6. The first-order chi connectivity index (χ1) is 14.5. The van der Waals surface area contributed by atoms with Crippen molar-refractivity contribution < 1.29 is 38.0 Å². The summed E-state index contributed by atoms with van der Waals surface area (Å²) in [6.45, 7) is 1.84. The molecule has 0 amide bonds. The van der Waals surface area contributed by atoms with Crippen LogP contribution in [0.4, 0.5) is 0 Å². The zero-order valence-corrected chi connectivity index (χ0v) is 16.7. The normalized spacial score (nSPS) is 28.7. The van der Waals surface area contributed by atoms with Gasteiger partial charge in [-0.25, -0.2) is 0 Å². The monoisotopic (exact) mass is 412 g/mol. The first kappa shape index (κ1) is 18.6. The van der Waals surface area contributed by atoms with Crippen LogP contribution < -0.4 is 18.9 Å². The van der Waals surface area contributed by atoms with Crippen molar-refractivity contribution in [3.05, 3.63) is 47.5 Å². The summed E-state index contributed by atoms with van der Waals surface area (Å²) < 4.78 is 32.8. The fraction of sp³-hybridized carbons (Fsp3) is 0.364. The third-order valence-corrected chi connectivity index (χ3v) is 6.09. The summed E-state index contributed by atoms with van der Waals surface area (Å²) in [7, 11) is 3.06. The second kappa shape index (κ2) is 6.55. The van der Waals surface area contributed by atoms with Crippen LogP contribution in [0.15, 0.2) is 36.4 Å². The lowest BCUT2D eigenvalue weighted by atomic mass is 9.71. The van der Waals surface area contributed by atoms with Crippen LogP contribution in [0.2, 0.25) is 0 Å². The molecule has 2 aromatic carbocycles. The van der Waals surface area contributed by atoms with Crippen molar-refractivity contribution in [3.63, 3.8) is 0 Å². The molecule has 0 aromatic heterocycles. The SMILES string of the molecule is COc1ccc([C@H]2OC(=O)[C@@H]3[C@H](c4ccc5c(c4)OCO5)OC(=O)[C@]23C)cc1OC. The van der Waals surface area contributed by atoms with Crippen molar-refractivity contribution in [2.45, 2.75) is 19.1 Å². The lowest BCUT2D eigenvalue weighted by molar-refractivity contribution is -0.158. The van der Waals surface area contributed by atoms with Crippen molar-refractivity contribution in [1.82, 2.24) is 0 Å². The Morgan fingerprint density at radius 2 is 1.63 bits per heavy atom. The molecule has 0 unspecified atom stereocenters. The molecule has 8 nitrogen and oxygen atoms in total. The molecule has 30 heavy (non-hydrogen) atoms. The number of carbonyl (C=O) groups excluding carboxylic acids is 2. The molecule has 2 aromatic rings. The maximum atomic E-state index is 13.0. The van der Waals surface area contributed by atoms with E-state index in [0.717, 1.165) is 0 Å². The Morgan fingerprint density at radius 1 is 0.900 bits per heavy atom. The topological polar surface area (TPSA) is 89.5 Å². The van der Waals surface area contributed by atoms with E-state index in [0.29, 0.717) is 34.1 Å². The summed E-state index contributed by atoms with van der Waals surface area (Å²) in [6, 6.07) is 10.4. The molecule has 2 fully saturated rings. The zero-order valence-electron chi connectivity index (χ0n) is 16.7. The Labute approximate surface area is 172 Å². The van der Waals surface area contributed by atoms with Crippen LogP contribution in [-0.4, -0.2) is 33.0 Å². The molecule has 2 saturated heterocycles. The first-order valence-corrected chi connectivity index (χ1v) is 9.50. The van der Waals surface area contributed by atoms with Gasteiger partial charge in [-0.15, -0.1) is 0 Å². The molecular formula is C22H20O8. The van der Waals surface area contributed by atoms with Gasteiger partial charge in [0.05, 0.1) is 14.2 Å². The smallest absolute Gasteiger partial charge is 0.317 e. The van der Waals surface area contributed by atoms with Crippen LogP contribution in [0.25, 0.3) is 0 Å². The van der Waals surface area contributed by atoms with E-state index in [1.165, 1.54) is 14.2 Å². The summed E-state index contributed by atoms with van der Waals surface area (Å²) in [5.41, 5.74) is 0.109. The number of benzene rings is 2. The van der Waals surface area contributed by atoms with Gasteiger partial charge in [-0.2, -0.15) is 0 Å². The van der Waals surface area contributed by atoms with Crippen molar-refractivity contribution in [2.24, 2.45) is 11.3 Å². The number of rotatable bonds is 4. The maximum absolute atomic E-state index is 13.0. The Morgan fingerprint density at radius 3 is 2.40 bits per heavy atom. The highest BCUT2D eigenvalue weighted by atomic mass is 16.7. The lowest BCUT2D eigenvalue weighted by Gasteiger charge is -2.24. The second-order valence-corrected chi connectivity index (χ2v) is 7.63. The van der Waals surface area contributed by atoms with Gasteiger partial charge in [-0.05, 0) is 42.3 Å². The number of hydrogen-bond acceptors (Lipinski definition) is 8. The van der Waals surface area contributed by atoms with Gasteiger partial charge in [0.2, 0.25) is 6.79 Å². The molecule has 0 aliphatic carbocycles. The summed E-state index contributed by atoms with van der Waals surface area (Å²) in [6.07, 6.45) is -1.57. The van der Waals surface area contributed by atoms with Crippen LogP contribution in [0.5, 0.6) is 23.0 Å². The van der Waals surface area contributed by atoms with E-state index in [2.05, 4.69) is 0 Å². The lowest BCUT2D eigenvalue weighted by Crippen LogP contribution is -2.32. The average Bonchev–Trinajstić information content (AvgIpc) is 3.41. The largest absolute Gasteiger partial charge is 0.493 e. The van der Waals surface area contributed by atoms with Crippen LogP contribution in [-0.2, 0) is 19.1 Å². The highest BCUT2D eigenvalue weighted by Gasteiger charge is 2.68. The highest BCUT2D eigenvalue weighted by Crippen LogP contribution is 2.60. The molecule has 3 heterocycles. The van der Waals surface area contributed by atoms with Crippen molar-refractivity contribution in [3.8, 4) is 23.0 Å². The molecule has 0 bridgehead atoms. The van der Waals surface area contributed by atoms with E-state index in [4.69, 9.17) is 28.4 Å². The van der Waals surface area contributed by atoms with E-state index in [1.807, 2.05) is 0 Å². The number of esters is 2. The van der Waals surface area contributed by atoms with Gasteiger partial charge < -0.3 is 28.4 Å². The Bertz CT molecular complexity index is 1050. The molecule has 5 rings (SSSR count). The summed E-state index contributed by atoms with van der Waals surface area (Å²) in [5, 5.41) is 0. The number of cyclic esters (lactones) is 2. The molecule has 4 atom stereocenters. The number of carbonyl (C=O) groups is 2. The van der Waals surface area contributed by atoms with E-state index >= 15 is 0 Å². The minimum Gasteiger partial charge on any atom is -0.493 e. The van der Waals surface area contributed by atoms with Crippen LogP contribution in [0.3, 0.4) is 0 Å². The van der Waals surface area contributed by atoms with Crippen LogP contribution in [0.1, 0.15) is 30.3 Å². The minimum absolute atomic E-state index is 0.133. The molecule has 3 aliphatic heterocycles. The van der Waals surface area contributed by atoms with Crippen LogP contribution in [0, 0.1) is 11.3 Å². The molecule has 0 saturated carbocycles. The predicted octanol–water partition coefficient (Wildman–Crippen LogP) is 2.95. The van der Waals surface area contributed by atoms with Crippen molar-refractivity contribution >= 4 is 11.9 Å². The van der Waals surface area contributed by atoms with E-state index in [9.17, 15) is 9.59 Å². The quantitative estimate of drug-likeness (QED) is 0.708. The predicted molar refractivity (Wildman–Crippen MR) is 101 cm³/mol.